The zero-order valence-electron chi connectivity index (χ0n) is 11.1. The maximum Gasteiger partial charge on any atom is 0.255 e. The van der Waals surface area contributed by atoms with Gasteiger partial charge in [-0.15, -0.1) is 0 Å². The van der Waals surface area contributed by atoms with Gasteiger partial charge in [-0.05, 0) is 59.3 Å². The Morgan fingerprint density at radius 2 is 2.10 bits per heavy atom. The molecule has 0 radical (unpaired) electrons. The van der Waals surface area contributed by atoms with Gasteiger partial charge in [0.1, 0.15) is 11.6 Å². The number of anilines is 1. The lowest BCUT2D eigenvalue weighted by atomic mass is 10.2. The molecule has 0 aliphatic carbocycles. The summed E-state index contributed by atoms with van der Waals surface area (Å²) in [6.07, 6.45) is 0. The minimum absolute atomic E-state index is 0.207. The minimum atomic E-state index is -0.501. The average molecular weight is 373 g/mol. The molecular formula is C15H12BrClFNO2. The number of hydrogen-bond acceptors (Lipinski definition) is 2. The van der Waals surface area contributed by atoms with Crippen molar-refractivity contribution in [2.75, 3.05) is 11.9 Å². The summed E-state index contributed by atoms with van der Waals surface area (Å²) in [5.41, 5.74) is 0.649. The van der Waals surface area contributed by atoms with E-state index in [1.165, 1.54) is 12.1 Å². The van der Waals surface area contributed by atoms with Crippen LogP contribution in [-0.2, 0) is 0 Å². The number of hydrogen-bond donors (Lipinski definition) is 1. The number of rotatable bonds is 4. The number of benzene rings is 2. The van der Waals surface area contributed by atoms with Crippen molar-refractivity contribution in [1.82, 2.24) is 0 Å². The molecule has 0 fully saturated rings. The maximum atomic E-state index is 13.5. The third-order valence-electron chi connectivity index (χ3n) is 2.67. The highest BCUT2D eigenvalue weighted by Gasteiger charge is 2.12. The molecule has 0 heterocycles. The van der Waals surface area contributed by atoms with Crippen LogP contribution in [0.1, 0.15) is 17.3 Å². The minimum Gasteiger partial charge on any atom is -0.492 e. The van der Waals surface area contributed by atoms with Gasteiger partial charge in [0, 0.05) is 10.6 Å². The van der Waals surface area contributed by atoms with Gasteiger partial charge in [0.05, 0.1) is 16.8 Å². The van der Waals surface area contributed by atoms with Crippen molar-refractivity contribution in [2.45, 2.75) is 6.92 Å². The van der Waals surface area contributed by atoms with Gasteiger partial charge in [-0.25, -0.2) is 4.39 Å². The van der Waals surface area contributed by atoms with Gasteiger partial charge in [0.15, 0.2) is 0 Å². The molecule has 0 spiro atoms. The smallest absolute Gasteiger partial charge is 0.255 e. The molecule has 1 N–H and O–H groups in total. The molecule has 110 valence electrons. The molecule has 0 saturated carbocycles. The second-order valence-corrected chi connectivity index (χ2v) is 5.45. The summed E-state index contributed by atoms with van der Waals surface area (Å²) in [6, 6.07) is 9.08. The fourth-order valence-electron chi connectivity index (χ4n) is 1.71. The van der Waals surface area contributed by atoms with Crippen LogP contribution in [0, 0.1) is 5.82 Å². The van der Waals surface area contributed by atoms with E-state index < -0.39 is 11.7 Å². The van der Waals surface area contributed by atoms with Gasteiger partial charge in [0.25, 0.3) is 5.91 Å². The zero-order chi connectivity index (χ0) is 15.4. The maximum absolute atomic E-state index is 13.5. The van der Waals surface area contributed by atoms with E-state index in [1.807, 2.05) is 6.92 Å². The first-order valence-corrected chi connectivity index (χ1v) is 7.37. The highest BCUT2D eigenvalue weighted by Crippen LogP contribution is 2.28. The van der Waals surface area contributed by atoms with Crippen molar-refractivity contribution in [3.63, 3.8) is 0 Å². The van der Waals surface area contributed by atoms with E-state index in [0.29, 0.717) is 27.5 Å². The Hall–Kier alpha value is -1.59. The van der Waals surface area contributed by atoms with Crippen LogP contribution in [0.25, 0.3) is 0 Å². The summed E-state index contributed by atoms with van der Waals surface area (Å²) in [5, 5.41) is 3.14. The van der Waals surface area contributed by atoms with Crippen LogP contribution in [0.3, 0.4) is 0 Å². The predicted molar refractivity (Wildman–Crippen MR) is 84.7 cm³/mol. The standard InChI is InChI=1S/C15H12BrClFNO2/c1-2-21-14-6-4-10(17)8-13(14)19-15(20)9-3-5-11(16)12(18)7-9/h3-8H,2H2,1H3,(H,19,20). The Balaban J connectivity index is 2.26. The van der Waals surface area contributed by atoms with Crippen LogP contribution in [-0.4, -0.2) is 12.5 Å². The molecular weight excluding hydrogens is 361 g/mol. The van der Waals surface area contributed by atoms with Crippen LogP contribution in [0.15, 0.2) is 40.9 Å². The largest absolute Gasteiger partial charge is 0.492 e. The second-order valence-electron chi connectivity index (χ2n) is 4.16. The topological polar surface area (TPSA) is 38.3 Å². The molecule has 1 amide bonds. The third kappa shape index (κ3) is 3.95. The van der Waals surface area contributed by atoms with Crippen LogP contribution < -0.4 is 10.1 Å². The molecule has 2 rings (SSSR count). The third-order valence-corrected chi connectivity index (χ3v) is 3.55. The van der Waals surface area contributed by atoms with Crippen molar-refractivity contribution in [3.8, 4) is 5.75 Å². The lowest BCUT2D eigenvalue weighted by molar-refractivity contribution is 0.102. The molecule has 21 heavy (non-hydrogen) atoms. The second kappa shape index (κ2) is 6.91. The van der Waals surface area contributed by atoms with Gasteiger partial charge in [-0.1, -0.05) is 11.6 Å². The Bertz CT molecular complexity index is 679. The fourth-order valence-corrected chi connectivity index (χ4v) is 2.13. The number of carbonyl (C=O) groups is 1. The molecule has 0 aliphatic heterocycles. The Labute approximate surface area is 135 Å². The lowest BCUT2D eigenvalue weighted by Crippen LogP contribution is -2.13. The van der Waals surface area contributed by atoms with Gasteiger partial charge in [-0.3, -0.25) is 4.79 Å². The van der Waals surface area contributed by atoms with Crippen molar-refractivity contribution >= 4 is 39.1 Å². The van der Waals surface area contributed by atoms with Crippen molar-refractivity contribution in [2.24, 2.45) is 0 Å². The number of ether oxygens (including phenoxy) is 1. The molecule has 0 aliphatic rings. The van der Waals surface area contributed by atoms with E-state index in [9.17, 15) is 9.18 Å². The molecule has 2 aromatic rings. The molecule has 0 atom stereocenters. The predicted octanol–water partition coefficient (Wildman–Crippen LogP) is 4.89. The van der Waals surface area contributed by atoms with E-state index in [-0.39, 0.29) is 5.56 Å². The Morgan fingerprint density at radius 3 is 2.76 bits per heavy atom. The molecule has 2 aromatic carbocycles. The summed E-state index contributed by atoms with van der Waals surface area (Å²) in [5.74, 6) is -0.434. The summed E-state index contributed by atoms with van der Waals surface area (Å²) in [7, 11) is 0. The lowest BCUT2D eigenvalue weighted by Gasteiger charge is -2.12. The summed E-state index contributed by atoms with van der Waals surface area (Å²) in [4.78, 5) is 12.2. The van der Waals surface area contributed by atoms with Crippen molar-refractivity contribution in [1.29, 1.82) is 0 Å². The zero-order valence-corrected chi connectivity index (χ0v) is 13.5. The molecule has 6 heteroatoms. The van der Waals surface area contributed by atoms with Crippen molar-refractivity contribution in [3.05, 3.63) is 57.3 Å². The quantitative estimate of drug-likeness (QED) is 0.829. The van der Waals surface area contributed by atoms with Gasteiger partial charge in [0.2, 0.25) is 0 Å². The Kier molecular flexibility index (Phi) is 5.20. The highest BCUT2D eigenvalue weighted by molar-refractivity contribution is 9.10. The molecule has 3 nitrogen and oxygen atoms in total. The summed E-state index contributed by atoms with van der Waals surface area (Å²) in [6.45, 7) is 2.29. The van der Waals surface area contributed by atoms with E-state index in [2.05, 4.69) is 21.2 Å². The summed E-state index contributed by atoms with van der Waals surface area (Å²) >= 11 is 8.96. The first-order valence-electron chi connectivity index (χ1n) is 6.20. The van der Waals surface area contributed by atoms with E-state index >= 15 is 0 Å². The number of amides is 1. The molecule has 0 aromatic heterocycles. The number of halogens is 3. The molecule has 0 unspecified atom stereocenters. The van der Waals surface area contributed by atoms with Crippen LogP contribution >= 0.6 is 27.5 Å². The first-order chi connectivity index (χ1) is 10.0. The number of nitrogens with one attached hydrogen (secondary N) is 1. The van der Waals surface area contributed by atoms with Crippen LogP contribution in [0.4, 0.5) is 10.1 Å². The SMILES string of the molecule is CCOc1ccc(Cl)cc1NC(=O)c1ccc(Br)c(F)c1. The normalized spacial score (nSPS) is 10.3. The van der Waals surface area contributed by atoms with E-state index in [1.54, 1.807) is 18.2 Å². The van der Waals surface area contributed by atoms with Crippen LogP contribution in [0.2, 0.25) is 5.02 Å². The van der Waals surface area contributed by atoms with Gasteiger partial charge in [-0.2, -0.15) is 0 Å². The first kappa shape index (κ1) is 15.8. The molecule has 0 bridgehead atoms. The van der Waals surface area contributed by atoms with Crippen LogP contribution in [0.5, 0.6) is 5.75 Å². The highest BCUT2D eigenvalue weighted by atomic mass is 79.9. The van der Waals surface area contributed by atoms with E-state index in [0.717, 1.165) is 6.07 Å². The van der Waals surface area contributed by atoms with E-state index in [4.69, 9.17) is 16.3 Å². The van der Waals surface area contributed by atoms with Gasteiger partial charge < -0.3 is 10.1 Å². The van der Waals surface area contributed by atoms with Gasteiger partial charge >= 0.3 is 0 Å². The summed E-state index contributed by atoms with van der Waals surface area (Å²) < 4.78 is 19.2. The average Bonchev–Trinajstić information content (AvgIpc) is 2.45. The monoisotopic (exact) mass is 371 g/mol. The van der Waals surface area contributed by atoms with Crippen molar-refractivity contribution < 1.29 is 13.9 Å². The Morgan fingerprint density at radius 1 is 1.33 bits per heavy atom. The fraction of sp³-hybridized carbons (Fsp3) is 0.133. The number of carbonyl (C=O) groups excluding carboxylic acids is 1. The molecule has 0 saturated heterocycles.